The van der Waals surface area contributed by atoms with Crippen molar-refractivity contribution in [2.75, 3.05) is 5.73 Å². The van der Waals surface area contributed by atoms with Crippen molar-refractivity contribution in [1.82, 2.24) is 0 Å². The average Bonchev–Trinajstić information content (AvgIpc) is 2.08. The fourth-order valence-corrected chi connectivity index (χ4v) is 1.60. The first-order valence-electron chi connectivity index (χ1n) is 3.81. The third-order valence-electron chi connectivity index (χ3n) is 1.90. The highest BCUT2D eigenvalue weighted by molar-refractivity contribution is 6.42. The van der Waals surface area contributed by atoms with Crippen molar-refractivity contribution in [2.24, 2.45) is 0 Å². The molecule has 0 heterocycles. The molecule has 0 unspecified atom stereocenters. The van der Waals surface area contributed by atoms with Gasteiger partial charge >= 0.3 is 0 Å². The Kier molecular flexibility index (Phi) is 2.06. The van der Waals surface area contributed by atoms with Crippen molar-refractivity contribution < 1.29 is 0 Å². The standard InChI is InChI=1S/C10H7Cl2N/c11-9-4-6-1-2-8(13)3-7(6)5-10(9)12/h1-5H,13H2. The van der Waals surface area contributed by atoms with Crippen molar-refractivity contribution in [3.8, 4) is 0 Å². The topological polar surface area (TPSA) is 26.0 Å². The molecule has 13 heavy (non-hydrogen) atoms. The van der Waals surface area contributed by atoms with Gasteiger partial charge in [-0.25, -0.2) is 0 Å². The Balaban J connectivity index is 2.81. The molecule has 2 N–H and O–H groups in total. The van der Waals surface area contributed by atoms with E-state index in [0.29, 0.717) is 10.0 Å². The normalized spacial score (nSPS) is 10.6. The van der Waals surface area contributed by atoms with Gasteiger partial charge in [0.05, 0.1) is 10.0 Å². The van der Waals surface area contributed by atoms with Crippen LogP contribution in [0.15, 0.2) is 30.3 Å². The van der Waals surface area contributed by atoms with Crippen LogP contribution in [0, 0.1) is 0 Å². The van der Waals surface area contributed by atoms with E-state index in [1.807, 2.05) is 30.3 Å². The minimum absolute atomic E-state index is 0.555. The zero-order valence-corrected chi connectivity index (χ0v) is 8.23. The van der Waals surface area contributed by atoms with Crippen LogP contribution in [0.2, 0.25) is 10.0 Å². The minimum atomic E-state index is 0.555. The predicted octanol–water partition coefficient (Wildman–Crippen LogP) is 3.73. The molecule has 0 aliphatic rings. The van der Waals surface area contributed by atoms with Gasteiger partial charge in [-0.05, 0) is 35.0 Å². The van der Waals surface area contributed by atoms with Gasteiger partial charge in [-0.3, -0.25) is 0 Å². The minimum Gasteiger partial charge on any atom is -0.399 e. The fourth-order valence-electron chi connectivity index (χ4n) is 1.26. The van der Waals surface area contributed by atoms with Crippen LogP contribution in [-0.2, 0) is 0 Å². The van der Waals surface area contributed by atoms with Gasteiger partial charge in [0.25, 0.3) is 0 Å². The number of halogens is 2. The molecule has 0 aliphatic heterocycles. The molecule has 0 atom stereocenters. The van der Waals surface area contributed by atoms with Crippen LogP contribution < -0.4 is 5.73 Å². The maximum Gasteiger partial charge on any atom is 0.0598 e. The summed E-state index contributed by atoms with van der Waals surface area (Å²) in [6.07, 6.45) is 0. The first-order valence-corrected chi connectivity index (χ1v) is 4.57. The number of hydrogen-bond donors (Lipinski definition) is 1. The molecule has 0 saturated heterocycles. The number of rotatable bonds is 0. The molecule has 0 radical (unpaired) electrons. The van der Waals surface area contributed by atoms with E-state index in [4.69, 9.17) is 28.9 Å². The van der Waals surface area contributed by atoms with Crippen molar-refractivity contribution in [3.63, 3.8) is 0 Å². The Bertz CT molecular complexity index is 466. The summed E-state index contributed by atoms with van der Waals surface area (Å²) in [6, 6.07) is 9.28. The van der Waals surface area contributed by atoms with E-state index >= 15 is 0 Å². The van der Waals surface area contributed by atoms with Gasteiger partial charge in [-0.2, -0.15) is 0 Å². The van der Waals surface area contributed by atoms with Crippen LogP contribution in [0.5, 0.6) is 0 Å². The van der Waals surface area contributed by atoms with Crippen molar-refractivity contribution in [3.05, 3.63) is 40.4 Å². The molecular weight excluding hydrogens is 205 g/mol. The Labute approximate surface area is 86.1 Å². The number of fused-ring (bicyclic) bond motifs is 1. The zero-order chi connectivity index (χ0) is 9.42. The summed E-state index contributed by atoms with van der Waals surface area (Å²) >= 11 is 11.7. The Morgan fingerprint density at radius 3 is 2.15 bits per heavy atom. The van der Waals surface area contributed by atoms with E-state index in [0.717, 1.165) is 16.5 Å². The maximum absolute atomic E-state index is 5.87. The number of nitrogen functional groups attached to an aromatic ring is 1. The molecule has 0 amide bonds. The second-order valence-electron chi connectivity index (χ2n) is 2.87. The summed E-state index contributed by atoms with van der Waals surface area (Å²) in [6.45, 7) is 0. The summed E-state index contributed by atoms with van der Waals surface area (Å²) < 4.78 is 0. The molecule has 0 spiro atoms. The third-order valence-corrected chi connectivity index (χ3v) is 2.63. The predicted molar refractivity (Wildman–Crippen MR) is 58.4 cm³/mol. The van der Waals surface area contributed by atoms with Crippen LogP contribution >= 0.6 is 23.2 Å². The van der Waals surface area contributed by atoms with Crippen LogP contribution in [0.1, 0.15) is 0 Å². The van der Waals surface area contributed by atoms with Gasteiger partial charge in [-0.15, -0.1) is 0 Å². The lowest BCUT2D eigenvalue weighted by Crippen LogP contribution is -1.83. The van der Waals surface area contributed by atoms with E-state index in [-0.39, 0.29) is 0 Å². The van der Waals surface area contributed by atoms with E-state index in [9.17, 15) is 0 Å². The molecule has 2 aromatic carbocycles. The van der Waals surface area contributed by atoms with Crippen LogP contribution in [-0.4, -0.2) is 0 Å². The fraction of sp³-hybridized carbons (Fsp3) is 0. The number of hydrogen-bond acceptors (Lipinski definition) is 1. The summed E-state index contributed by atoms with van der Waals surface area (Å²) in [4.78, 5) is 0. The lowest BCUT2D eigenvalue weighted by Gasteiger charge is -2.01. The second-order valence-corrected chi connectivity index (χ2v) is 3.69. The molecule has 0 aliphatic carbocycles. The second kappa shape index (κ2) is 3.09. The Morgan fingerprint density at radius 1 is 0.846 bits per heavy atom. The molecule has 66 valence electrons. The van der Waals surface area contributed by atoms with E-state index in [2.05, 4.69) is 0 Å². The van der Waals surface area contributed by atoms with Gasteiger partial charge in [0, 0.05) is 5.69 Å². The summed E-state index contributed by atoms with van der Waals surface area (Å²) in [5, 5.41) is 3.18. The van der Waals surface area contributed by atoms with Gasteiger partial charge in [-0.1, -0.05) is 29.3 Å². The van der Waals surface area contributed by atoms with E-state index < -0.39 is 0 Å². The van der Waals surface area contributed by atoms with E-state index in [1.165, 1.54) is 0 Å². The molecule has 2 rings (SSSR count). The Morgan fingerprint density at radius 2 is 1.46 bits per heavy atom. The van der Waals surface area contributed by atoms with Gasteiger partial charge in [0.1, 0.15) is 0 Å². The largest absolute Gasteiger partial charge is 0.399 e. The quantitative estimate of drug-likeness (QED) is 0.661. The van der Waals surface area contributed by atoms with Crippen LogP contribution in [0.3, 0.4) is 0 Å². The van der Waals surface area contributed by atoms with Gasteiger partial charge in [0.15, 0.2) is 0 Å². The van der Waals surface area contributed by atoms with Crippen molar-refractivity contribution in [2.45, 2.75) is 0 Å². The Hall–Kier alpha value is -0.920. The summed E-state index contributed by atoms with van der Waals surface area (Å²) in [5.74, 6) is 0. The average molecular weight is 212 g/mol. The number of anilines is 1. The lowest BCUT2D eigenvalue weighted by molar-refractivity contribution is 1.72. The number of benzene rings is 2. The molecule has 0 saturated carbocycles. The lowest BCUT2D eigenvalue weighted by atomic mass is 10.1. The molecule has 3 heteroatoms. The maximum atomic E-state index is 5.87. The van der Waals surface area contributed by atoms with Crippen LogP contribution in [0.4, 0.5) is 5.69 Å². The van der Waals surface area contributed by atoms with Crippen molar-refractivity contribution in [1.29, 1.82) is 0 Å². The summed E-state index contributed by atoms with van der Waals surface area (Å²) in [5.41, 5.74) is 6.36. The molecular formula is C10H7Cl2N. The van der Waals surface area contributed by atoms with Gasteiger partial charge < -0.3 is 5.73 Å². The van der Waals surface area contributed by atoms with E-state index in [1.54, 1.807) is 0 Å². The highest BCUT2D eigenvalue weighted by atomic mass is 35.5. The van der Waals surface area contributed by atoms with Crippen molar-refractivity contribution >= 4 is 39.7 Å². The molecule has 0 bridgehead atoms. The third kappa shape index (κ3) is 1.58. The molecule has 2 aromatic rings. The van der Waals surface area contributed by atoms with Crippen LogP contribution in [0.25, 0.3) is 10.8 Å². The molecule has 0 aromatic heterocycles. The molecule has 0 fully saturated rings. The zero-order valence-electron chi connectivity index (χ0n) is 6.72. The first kappa shape index (κ1) is 8.67. The SMILES string of the molecule is Nc1ccc2cc(Cl)c(Cl)cc2c1. The smallest absolute Gasteiger partial charge is 0.0598 e. The monoisotopic (exact) mass is 211 g/mol. The van der Waals surface area contributed by atoms with Gasteiger partial charge in [0.2, 0.25) is 0 Å². The molecule has 1 nitrogen and oxygen atoms in total. The summed E-state index contributed by atoms with van der Waals surface area (Å²) in [7, 11) is 0. The highest BCUT2D eigenvalue weighted by Crippen LogP contribution is 2.28. The first-order chi connectivity index (χ1) is 6.16. The highest BCUT2D eigenvalue weighted by Gasteiger charge is 2.00. The number of nitrogens with two attached hydrogens (primary N) is 1.